The molecule has 6 nitrogen and oxygen atoms in total. The fourth-order valence-corrected chi connectivity index (χ4v) is 3.30. The molecule has 0 aromatic heterocycles. The Morgan fingerprint density at radius 2 is 1.86 bits per heavy atom. The summed E-state index contributed by atoms with van der Waals surface area (Å²) >= 11 is 0. The van der Waals surface area contributed by atoms with Gasteiger partial charge in [0.05, 0.1) is 0 Å². The highest BCUT2D eigenvalue weighted by molar-refractivity contribution is 5.81. The molecule has 0 aliphatic carbocycles. The van der Waals surface area contributed by atoms with Gasteiger partial charge in [0.1, 0.15) is 11.6 Å². The maximum Gasteiger partial charge on any atom is 0.411 e. The summed E-state index contributed by atoms with van der Waals surface area (Å²) in [6.45, 7) is 7.41. The molecule has 2 heterocycles. The van der Waals surface area contributed by atoms with Crippen molar-refractivity contribution in [1.82, 2.24) is 4.90 Å². The Kier molecular flexibility index (Phi) is 5.32. The highest BCUT2D eigenvalue weighted by Gasteiger charge is 2.42. The Morgan fingerprint density at radius 3 is 2.41 bits per heavy atom. The summed E-state index contributed by atoms with van der Waals surface area (Å²) in [4.78, 5) is 25.1. The molecule has 2 atom stereocenters. The van der Waals surface area contributed by atoms with Gasteiger partial charge in [-0.1, -0.05) is 0 Å². The Bertz CT molecular complexity index is 411. The predicted molar refractivity (Wildman–Crippen MR) is 80.6 cm³/mol. The van der Waals surface area contributed by atoms with E-state index in [0.717, 1.165) is 32.5 Å². The Balaban J connectivity index is 1.96. The molecule has 0 bridgehead atoms. The number of ether oxygens (including phenoxy) is 2. The van der Waals surface area contributed by atoms with Crippen molar-refractivity contribution in [3.8, 4) is 0 Å². The fourth-order valence-electron chi connectivity index (χ4n) is 3.30. The summed E-state index contributed by atoms with van der Waals surface area (Å²) in [5.41, 5.74) is -0.612. The van der Waals surface area contributed by atoms with E-state index >= 15 is 0 Å². The van der Waals surface area contributed by atoms with Crippen LogP contribution in [0.1, 0.15) is 46.5 Å². The molecule has 1 N–H and O–H groups in total. The lowest BCUT2D eigenvalue weighted by Gasteiger charge is -2.27. The van der Waals surface area contributed by atoms with Crippen LogP contribution in [-0.4, -0.2) is 53.5 Å². The van der Waals surface area contributed by atoms with Gasteiger partial charge in [-0.15, -0.1) is 0 Å². The van der Waals surface area contributed by atoms with E-state index in [4.69, 9.17) is 9.47 Å². The number of amides is 1. The minimum absolute atomic E-state index is 0.233. The van der Waals surface area contributed by atoms with Crippen molar-refractivity contribution in [3.05, 3.63) is 0 Å². The lowest BCUT2D eigenvalue weighted by Crippen LogP contribution is -2.43. The Labute approximate surface area is 131 Å². The van der Waals surface area contributed by atoms with Gasteiger partial charge >= 0.3 is 12.1 Å². The average Bonchev–Trinajstić information content (AvgIpc) is 2.82. The lowest BCUT2D eigenvalue weighted by atomic mass is 9.88. The number of rotatable bonds is 3. The summed E-state index contributed by atoms with van der Waals surface area (Å²) < 4.78 is 10.7. The van der Waals surface area contributed by atoms with Crippen LogP contribution in [0, 0.1) is 11.8 Å². The van der Waals surface area contributed by atoms with Crippen molar-refractivity contribution in [2.24, 2.45) is 11.8 Å². The quantitative estimate of drug-likeness (QED) is 0.866. The number of carboxylic acid groups (broad SMARTS) is 1. The topological polar surface area (TPSA) is 76.1 Å². The summed E-state index contributed by atoms with van der Waals surface area (Å²) in [6, 6.07) is -0.764. The van der Waals surface area contributed by atoms with Crippen molar-refractivity contribution >= 4 is 12.1 Å². The van der Waals surface area contributed by atoms with Crippen molar-refractivity contribution in [1.29, 1.82) is 0 Å². The van der Waals surface area contributed by atoms with E-state index in [9.17, 15) is 14.7 Å². The normalized spacial score (nSPS) is 27.0. The first kappa shape index (κ1) is 17.1. The van der Waals surface area contributed by atoms with E-state index in [2.05, 4.69) is 0 Å². The third kappa shape index (κ3) is 4.60. The van der Waals surface area contributed by atoms with Crippen molar-refractivity contribution in [2.45, 2.75) is 58.1 Å². The van der Waals surface area contributed by atoms with Crippen LogP contribution in [0.5, 0.6) is 0 Å². The highest BCUT2D eigenvalue weighted by atomic mass is 16.6. The van der Waals surface area contributed by atoms with E-state index in [-0.39, 0.29) is 5.92 Å². The molecule has 22 heavy (non-hydrogen) atoms. The van der Waals surface area contributed by atoms with E-state index in [1.807, 2.05) is 0 Å². The molecular formula is C16H27NO5. The van der Waals surface area contributed by atoms with Crippen LogP contribution in [0.3, 0.4) is 0 Å². The van der Waals surface area contributed by atoms with Gasteiger partial charge < -0.3 is 14.6 Å². The number of carbonyl (C=O) groups excluding carboxylic acids is 1. The molecule has 1 amide bonds. The minimum Gasteiger partial charge on any atom is -0.480 e. The number of carbonyl (C=O) groups is 2. The number of nitrogens with zero attached hydrogens (tertiary/aromatic N) is 1. The second kappa shape index (κ2) is 6.86. The number of aliphatic carboxylic acids is 1. The molecule has 0 unspecified atom stereocenters. The lowest BCUT2D eigenvalue weighted by molar-refractivity contribution is -0.142. The first-order valence-electron chi connectivity index (χ1n) is 8.06. The standard InChI is InChI=1S/C16H27NO5/c1-16(2,3)22-15(20)17-10-12(9-13(17)14(18)19)8-11-4-6-21-7-5-11/h11-13H,4-10H2,1-3H3,(H,18,19)/t12-,13-/m0/s1. The minimum atomic E-state index is -0.944. The molecule has 0 spiro atoms. The van der Waals surface area contributed by atoms with Gasteiger partial charge in [0, 0.05) is 19.8 Å². The van der Waals surface area contributed by atoms with E-state index in [0.29, 0.717) is 18.9 Å². The number of hydrogen-bond donors (Lipinski definition) is 1. The van der Waals surface area contributed by atoms with Crippen LogP contribution in [-0.2, 0) is 14.3 Å². The van der Waals surface area contributed by atoms with Crippen LogP contribution >= 0.6 is 0 Å². The molecule has 2 fully saturated rings. The van der Waals surface area contributed by atoms with Gasteiger partial charge in [0.25, 0.3) is 0 Å². The monoisotopic (exact) mass is 313 g/mol. The van der Waals surface area contributed by atoms with Gasteiger partial charge in [0.2, 0.25) is 0 Å². The molecule has 0 aromatic carbocycles. The second-order valence-corrected chi connectivity index (χ2v) is 7.38. The van der Waals surface area contributed by atoms with Crippen molar-refractivity contribution < 1.29 is 24.2 Å². The maximum atomic E-state index is 12.2. The molecule has 126 valence electrons. The SMILES string of the molecule is CC(C)(C)OC(=O)N1C[C@@H](CC2CCOCC2)C[C@H]1C(=O)O. The largest absolute Gasteiger partial charge is 0.480 e. The molecule has 2 aliphatic heterocycles. The van der Waals surface area contributed by atoms with Crippen LogP contribution in [0.4, 0.5) is 4.79 Å². The highest BCUT2D eigenvalue weighted by Crippen LogP contribution is 2.32. The molecule has 2 saturated heterocycles. The zero-order valence-electron chi connectivity index (χ0n) is 13.7. The first-order valence-corrected chi connectivity index (χ1v) is 8.06. The molecule has 0 aromatic rings. The number of carboxylic acids is 1. The number of likely N-dealkylation sites (tertiary alicyclic amines) is 1. The van der Waals surface area contributed by atoms with Crippen LogP contribution in [0.2, 0.25) is 0 Å². The Morgan fingerprint density at radius 1 is 1.23 bits per heavy atom. The van der Waals surface area contributed by atoms with E-state index < -0.39 is 23.7 Å². The van der Waals surface area contributed by atoms with Gasteiger partial charge in [-0.25, -0.2) is 9.59 Å². The van der Waals surface area contributed by atoms with Gasteiger partial charge in [-0.2, -0.15) is 0 Å². The van der Waals surface area contributed by atoms with Crippen molar-refractivity contribution in [3.63, 3.8) is 0 Å². The predicted octanol–water partition coefficient (Wildman–Crippen LogP) is 2.51. The molecule has 2 aliphatic rings. The second-order valence-electron chi connectivity index (χ2n) is 7.38. The van der Waals surface area contributed by atoms with Crippen LogP contribution in [0.25, 0.3) is 0 Å². The molecule has 0 saturated carbocycles. The Hall–Kier alpha value is -1.30. The van der Waals surface area contributed by atoms with Gasteiger partial charge in [0.15, 0.2) is 0 Å². The zero-order valence-corrected chi connectivity index (χ0v) is 13.7. The summed E-state index contributed by atoms with van der Waals surface area (Å²) in [5.74, 6) is -0.135. The van der Waals surface area contributed by atoms with Gasteiger partial charge in [-0.05, 0) is 58.3 Å². The summed E-state index contributed by atoms with van der Waals surface area (Å²) in [7, 11) is 0. The zero-order chi connectivity index (χ0) is 16.3. The molecular weight excluding hydrogens is 286 g/mol. The third-order valence-electron chi connectivity index (χ3n) is 4.31. The van der Waals surface area contributed by atoms with Gasteiger partial charge in [-0.3, -0.25) is 4.90 Å². The maximum absolute atomic E-state index is 12.2. The van der Waals surface area contributed by atoms with Crippen molar-refractivity contribution in [2.75, 3.05) is 19.8 Å². The van der Waals surface area contributed by atoms with Crippen LogP contribution < -0.4 is 0 Å². The molecule has 0 radical (unpaired) electrons. The first-order chi connectivity index (χ1) is 10.3. The van der Waals surface area contributed by atoms with E-state index in [1.165, 1.54) is 4.90 Å². The fraction of sp³-hybridized carbons (Fsp3) is 0.875. The van der Waals surface area contributed by atoms with E-state index in [1.54, 1.807) is 20.8 Å². The smallest absolute Gasteiger partial charge is 0.411 e. The molecule has 6 heteroatoms. The summed E-state index contributed by atoms with van der Waals surface area (Å²) in [5, 5.41) is 9.39. The van der Waals surface area contributed by atoms with Crippen LogP contribution in [0.15, 0.2) is 0 Å². The number of hydrogen-bond acceptors (Lipinski definition) is 4. The summed E-state index contributed by atoms with van der Waals surface area (Å²) in [6.07, 6.45) is 3.02. The third-order valence-corrected chi connectivity index (χ3v) is 4.31. The average molecular weight is 313 g/mol. The molecule has 2 rings (SSSR count).